The van der Waals surface area contributed by atoms with E-state index in [1.54, 1.807) is 0 Å². The number of hydrogen-bond donors (Lipinski definition) is 0. The predicted molar refractivity (Wildman–Crippen MR) is 188 cm³/mol. The molecule has 1 aliphatic heterocycles. The second-order valence-electron chi connectivity index (χ2n) is 12.8. The molecule has 9 nitrogen and oxygen atoms in total. The van der Waals surface area contributed by atoms with E-state index in [1.165, 1.54) is 40.0 Å². The number of carbonyl (C=O) groups is 1. The Kier molecular flexibility index (Phi) is 11.1. The van der Waals surface area contributed by atoms with E-state index in [9.17, 15) is 35.6 Å². The minimum Gasteiger partial charge on any atom is -0.483 e. The monoisotopic (exact) mass is 749 g/mol. The first-order chi connectivity index (χ1) is 25.3. The second-order valence-corrected chi connectivity index (χ2v) is 14.4. The molecule has 0 spiro atoms. The summed E-state index contributed by atoms with van der Waals surface area (Å²) in [6.45, 7) is 0.251. The second kappa shape index (κ2) is 15.7. The number of benzene rings is 4. The molecular formula is C39H35F4N3O6S. The van der Waals surface area contributed by atoms with Gasteiger partial charge in [-0.2, -0.15) is 26.7 Å². The molecule has 1 aromatic heterocycles. The number of alkyl halides is 3. The summed E-state index contributed by atoms with van der Waals surface area (Å²) in [7, 11) is -4.31. The Bertz CT molecular complexity index is 2220. The summed E-state index contributed by atoms with van der Waals surface area (Å²) < 4.78 is 94.6. The lowest BCUT2D eigenvalue weighted by Gasteiger charge is -2.36. The van der Waals surface area contributed by atoms with Gasteiger partial charge in [-0.3, -0.25) is 18.5 Å². The maximum absolute atomic E-state index is 14.5. The van der Waals surface area contributed by atoms with Gasteiger partial charge < -0.3 is 9.64 Å². The van der Waals surface area contributed by atoms with E-state index in [4.69, 9.17) is 8.92 Å². The van der Waals surface area contributed by atoms with Crippen molar-refractivity contribution in [1.82, 2.24) is 14.7 Å². The minimum atomic E-state index is -4.73. The molecule has 6 rings (SSSR count). The Balaban J connectivity index is 1.43. The molecule has 1 saturated heterocycles. The van der Waals surface area contributed by atoms with E-state index in [0.717, 1.165) is 41.6 Å². The van der Waals surface area contributed by atoms with Gasteiger partial charge in [-0.1, -0.05) is 91.0 Å². The molecule has 0 unspecified atom stereocenters. The van der Waals surface area contributed by atoms with Crippen LogP contribution in [-0.2, 0) is 33.6 Å². The Labute approximate surface area is 303 Å². The van der Waals surface area contributed by atoms with Gasteiger partial charge >= 0.3 is 6.18 Å². The van der Waals surface area contributed by atoms with Crippen molar-refractivity contribution in [3.8, 4) is 5.75 Å². The van der Waals surface area contributed by atoms with Crippen molar-refractivity contribution in [3.05, 3.63) is 165 Å². The highest BCUT2D eigenvalue weighted by Gasteiger charge is 2.44. The van der Waals surface area contributed by atoms with E-state index < -0.39 is 62.8 Å². The van der Waals surface area contributed by atoms with Crippen molar-refractivity contribution < 1.29 is 39.7 Å². The lowest BCUT2D eigenvalue weighted by Crippen LogP contribution is -2.48. The van der Waals surface area contributed by atoms with Gasteiger partial charge in [0.15, 0.2) is 11.4 Å². The smallest absolute Gasteiger partial charge is 0.416 e. The summed E-state index contributed by atoms with van der Waals surface area (Å²) in [5.74, 6) is -2.83. The largest absolute Gasteiger partial charge is 0.483 e. The molecule has 276 valence electrons. The van der Waals surface area contributed by atoms with Crippen LogP contribution in [0, 0.1) is 5.82 Å². The van der Waals surface area contributed by atoms with Crippen LogP contribution in [0.25, 0.3) is 0 Å². The van der Waals surface area contributed by atoms with Gasteiger partial charge in [0.05, 0.1) is 30.6 Å². The number of nitrogens with zero attached hydrogens (tertiary/aromatic N) is 3. The molecule has 0 radical (unpaired) electrons. The zero-order valence-corrected chi connectivity index (χ0v) is 29.3. The molecule has 1 fully saturated rings. The third-order valence-corrected chi connectivity index (χ3v) is 9.49. The van der Waals surface area contributed by atoms with E-state index in [-0.39, 0.29) is 43.0 Å². The van der Waals surface area contributed by atoms with Crippen molar-refractivity contribution in [2.45, 2.75) is 50.2 Å². The maximum Gasteiger partial charge on any atom is 0.416 e. The van der Waals surface area contributed by atoms with Gasteiger partial charge in [-0.15, -0.1) is 0 Å². The molecule has 5 aromatic rings. The van der Waals surface area contributed by atoms with Crippen molar-refractivity contribution in [2.24, 2.45) is 0 Å². The number of likely N-dealkylation sites (tertiary alicyclic amines) is 1. The molecule has 4 aromatic carbocycles. The highest BCUT2D eigenvalue weighted by molar-refractivity contribution is 7.86. The lowest BCUT2D eigenvalue weighted by molar-refractivity contribution is -0.137. The topological polar surface area (TPSA) is 108 Å². The third-order valence-electron chi connectivity index (χ3n) is 8.92. The Morgan fingerprint density at radius 1 is 0.906 bits per heavy atom. The zero-order chi connectivity index (χ0) is 37.8. The molecule has 0 N–H and O–H groups in total. The first-order valence-electron chi connectivity index (χ1n) is 16.7. The van der Waals surface area contributed by atoms with Crippen molar-refractivity contribution in [1.29, 1.82) is 0 Å². The molecule has 0 aliphatic carbocycles. The first-order valence-corrected chi connectivity index (χ1v) is 18.5. The van der Waals surface area contributed by atoms with Crippen LogP contribution in [0.5, 0.6) is 5.75 Å². The fourth-order valence-corrected chi connectivity index (χ4v) is 7.20. The summed E-state index contributed by atoms with van der Waals surface area (Å²) in [5, 5.41) is 4.41. The summed E-state index contributed by atoms with van der Waals surface area (Å²) in [5.41, 5.74) is -0.413. The molecule has 3 atom stereocenters. The Hall–Kier alpha value is -5.34. The summed E-state index contributed by atoms with van der Waals surface area (Å²) >= 11 is 0. The van der Waals surface area contributed by atoms with Crippen LogP contribution >= 0.6 is 0 Å². The molecule has 14 heteroatoms. The van der Waals surface area contributed by atoms with Crippen LogP contribution in [0.15, 0.2) is 120 Å². The number of halogens is 4. The van der Waals surface area contributed by atoms with Crippen molar-refractivity contribution in [3.63, 3.8) is 0 Å². The van der Waals surface area contributed by atoms with Gasteiger partial charge in [-0.05, 0) is 53.3 Å². The highest BCUT2D eigenvalue weighted by Crippen LogP contribution is 2.40. The fraction of sp³-hybridized carbons (Fsp3) is 0.256. The zero-order valence-electron chi connectivity index (χ0n) is 28.4. The van der Waals surface area contributed by atoms with Gasteiger partial charge in [0.1, 0.15) is 18.5 Å². The molecule has 0 saturated carbocycles. The average Bonchev–Trinajstić information content (AvgIpc) is 3.62. The number of carbonyl (C=O) groups excluding carboxylic acids is 1. The van der Waals surface area contributed by atoms with E-state index in [0.29, 0.717) is 6.42 Å². The van der Waals surface area contributed by atoms with Crippen LogP contribution in [0.3, 0.4) is 0 Å². The van der Waals surface area contributed by atoms with E-state index >= 15 is 0 Å². The minimum absolute atomic E-state index is 0.0199. The van der Waals surface area contributed by atoms with E-state index in [2.05, 4.69) is 5.10 Å². The van der Waals surface area contributed by atoms with Crippen molar-refractivity contribution >= 4 is 16.0 Å². The van der Waals surface area contributed by atoms with E-state index in [1.807, 2.05) is 60.7 Å². The molecular weight excluding hydrogens is 715 g/mol. The number of ether oxygens (including phenoxy) is 1. The molecule has 2 heterocycles. The standard InChI is InChI=1S/C39H35F4N3O6S/c1-53(49,50)52-37(34(28-17-19-31(40)20-18-28)29-14-8-15-30(22-29)39(41,42)43)32-16-9-21-46(32)38(48)35-36(47)33(51-25-27-12-6-3-7-13-27)24-45(44-35)23-26-10-4-2-5-11-26/h2-8,10-15,17-20,22,24,32,34,37H,9,16,21,23,25H2,1H3/t32-,34-,37+/m1/s1. The summed E-state index contributed by atoms with van der Waals surface area (Å²) in [4.78, 5) is 29.7. The Morgan fingerprint density at radius 2 is 1.57 bits per heavy atom. The van der Waals surface area contributed by atoms with Gasteiger partial charge in [0.25, 0.3) is 21.5 Å². The quantitative estimate of drug-likeness (QED) is 0.102. The lowest BCUT2D eigenvalue weighted by atomic mass is 9.82. The number of aromatic nitrogens is 2. The maximum atomic E-state index is 14.5. The summed E-state index contributed by atoms with van der Waals surface area (Å²) in [6.07, 6.45) is -3.50. The number of rotatable bonds is 12. The predicted octanol–water partition coefficient (Wildman–Crippen LogP) is 6.81. The van der Waals surface area contributed by atoms with Crippen LogP contribution in [-0.4, -0.2) is 54.0 Å². The van der Waals surface area contributed by atoms with Crippen LogP contribution in [0.1, 0.15) is 57.1 Å². The normalized spacial score (nSPS) is 15.9. The molecule has 53 heavy (non-hydrogen) atoms. The number of hydrogen-bond acceptors (Lipinski definition) is 7. The highest BCUT2D eigenvalue weighted by atomic mass is 32.2. The molecule has 0 bridgehead atoms. The van der Waals surface area contributed by atoms with Gasteiger partial charge in [0, 0.05) is 12.5 Å². The average molecular weight is 750 g/mol. The Morgan fingerprint density at radius 3 is 2.21 bits per heavy atom. The molecule has 1 amide bonds. The SMILES string of the molecule is CS(=O)(=O)O[C@H]([C@H](c1ccc(F)cc1)c1cccc(C(F)(F)F)c1)[C@H]1CCCN1C(=O)c1nn(Cc2ccccc2)cc(OCc2ccccc2)c1=O. The van der Waals surface area contributed by atoms with Gasteiger partial charge in [0.2, 0.25) is 0 Å². The molecule has 1 aliphatic rings. The van der Waals surface area contributed by atoms with Crippen LogP contribution in [0.2, 0.25) is 0 Å². The van der Waals surface area contributed by atoms with Crippen LogP contribution in [0.4, 0.5) is 17.6 Å². The number of amides is 1. The van der Waals surface area contributed by atoms with Crippen LogP contribution < -0.4 is 10.2 Å². The first kappa shape index (κ1) is 37.4. The van der Waals surface area contributed by atoms with Gasteiger partial charge in [-0.25, -0.2) is 4.39 Å². The third kappa shape index (κ3) is 9.18. The summed E-state index contributed by atoms with van der Waals surface area (Å²) in [6, 6.07) is 26.4. The van der Waals surface area contributed by atoms with Crippen molar-refractivity contribution in [2.75, 3.05) is 12.8 Å². The fourth-order valence-electron chi connectivity index (χ4n) is 6.56.